The van der Waals surface area contributed by atoms with Crippen molar-refractivity contribution in [3.05, 3.63) is 64.4 Å². The number of aryl methyl sites for hydroxylation is 1. The Kier molecular flexibility index (Phi) is 3.05. The van der Waals surface area contributed by atoms with E-state index in [-0.39, 0.29) is 11.7 Å². The number of epoxide rings is 1. The highest BCUT2D eigenvalue weighted by Gasteiger charge is 2.24. The van der Waals surface area contributed by atoms with Crippen molar-refractivity contribution < 1.29 is 4.74 Å². The van der Waals surface area contributed by atoms with E-state index in [0.717, 1.165) is 16.6 Å². The van der Waals surface area contributed by atoms with Crippen molar-refractivity contribution in [2.75, 3.05) is 6.61 Å². The molecule has 0 bridgehead atoms. The van der Waals surface area contributed by atoms with Crippen LogP contribution < -0.4 is 5.56 Å². The zero-order valence-corrected chi connectivity index (χ0v) is 12.3. The molecular weight excluding hydrogens is 276 g/mol. The lowest BCUT2D eigenvalue weighted by molar-refractivity contribution is 0.369. The third kappa shape index (κ3) is 2.31. The summed E-state index contributed by atoms with van der Waals surface area (Å²) in [4.78, 5) is 12.6. The summed E-state index contributed by atoms with van der Waals surface area (Å²) in [5.74, 6) is 0. The van der Waals surface area contributed by atoms with Gasteiger partial charge in [0.05, 0.1) is 24.2 Å². The van der Waals surface area contributed by atoms with Gasteiger partial charge in [-0.2, -0.15) is 5.10 Å². The SMILES string of the molecule is Cc1ccc(-c2nn(CC3CO3)c(=O)c3ccccc23)cc1. The molecule has 1 aromatic heterocycles. The molecule has 22 heavy (non-hydrogen) atoms. The van der Waals surface area contributed by atoms with Gasteiger partial charge in [-0.1, -0.05) is 48.0 Å². The number of rotatable bonds is 3. The Morgan fingerprint density at radius 2 is 1.82 bits per heavy atom. The lowest BCUT2D eigenvalue weighted by Crippen LogP contribution is -2.26. The molecule has 1 fully saturated rings. The Morgan fingerprint density at radius 1 is 1.14 bits per heavy atom. The molecule has 1 atom stereocenters. The molecule has 1 unspecified atom stereocenters. The molecule has 4 rings (SSSR count). The van der Waals surface area contributed by atoms with Crippen LogP contribution in [0.4, 0.5) is 0 Å². The minimum absolute atomic E-state index is 0.0537. The van der Waals surface area contributed by atoms with E-state index in [9.17, 15) is 4.79 Å². The number of benzene rings is 2. The maximum atomic E-state index is 12.6. The molecule has 1 saturated heterocycles. The molecule has 110 valence electrons. The van der Waals surface area contributed by atoms with E-state index in [1.165, 1.54) is 10.2 Å². The number of fused-ring (bicyclic) bond motifs is 1. The first-order valence-corrected chi connectivity index (χ1v) is 7.41. The minimum atomic E-state index is -0.0537. The highest BCUT2D eigenvalue weighted by atomic mass is 16.6. The molecule has 0 aliphatic carbocycles. The van der Waals surface area contributed by atoms with Gasteiger partial charge in [0.1, 0.15) is 6.10 Å². The van der Waals surface area contributed by atoms with E-state index >= 15 is 0 Å². The predicted molar refractivity (Wildman–Crippen MR) is 85.9 cm³/mol. The maximum absolute atomic E-state index is 12.6. The van der Waals surface area contributed by atoms with Gasteiger partial charge >= 0.3 is 0 Å². The van der Waals surface area contributed by atoms with Crippen molar-refractivity contribution in [3.8, 4) is 11.3 Å². The first kappa shape index (κ1) is 13.2. The molecule has 3 aromatic rings. The first-order chi connectivity index (χ1) is 10.7. The Hall–Kier alpha value is -2.46. The van der Waals surface area contributed by atoms with Gasteiger partial charge in [0.25, 0.3) is 5.56 Å². The number of hydrogen-bond donors (Lipinski definition) is 0. The van der Waals surface area contributed by atoms with Crippen molar-refractivity contribution in [1.29, 1.82) is 0 Å². The summed E-state index contributed by atoms with van der Waals surface area (Å²) < 4.78 is 6.78. The van der Waals surface area contributed by atoms with Crippen LogP contribution in [0.25, 0.3) is 22.0 Å². The monoisotopic (exact) mass is 292 g/mol. The van der Waals surface area contributed by atoms with Crippen LogP contribution in [0.2, 0.25) is 0 Å². The topological polar surface area (TPSA) is 47.4 Å². The molecule has 0 saturated carbocycles. The second kappa shape index (κ2) is 5.07. The third-order valence-electron chi connectivity index (χ3n) is 3.97. The molecule has 1 aliphatic heterocycles. The third-order valence-corrected chi connectivity index (χ3v) is 3.97. The van der Waals surface area contributed by atoms with Crippen LogP contribution in [-0.4, -0.2) is 22.5 Å². The number of hydrogen-bond acceptors (Lipinski definition) is 3. The molecule has 1 aliphatic rings. The first-order valence-electron chi connectivity index (χ1n) is 7.41. The van der Waals surface area contributed by atoms with E-state index in [1.54, 1.807) is 0 Å². The smallest absolute Gasteiger partial charge is 0.274 e. The van der Waals surface area contributed by atoms with Gasteiger partial charge in [0.15, 0.2) is 0 Å². The predicted octanol–water partition coefficient (Wildman–Crippen LogP) is 2.77. The quantitative estimate of drug-likeness (QED) is 0.697. The van der Waals surface area contributed by atoms with Crippen LogP contribution in [0.3, 0.4) is 0 Å². The standard InChI is InChI=1S/C18H16N2O2/c1-12-6-8-13(9-7-12)17-15-4-2-3-5-16(15)18(21)20(19-17)10-14-11-22-14/h2-9,14H,10-11H2,1H3. The molecule has 4 heteroatoms. The summed E-state index contributed by atoms with van der Waals surface area (Å²) in [6.45, 7) is 3.28. The summed E-state index contributed by atoms with van der Waals surface area (Å²) in [6.07, 6.45) is 0.122. The van der Waals surface area contributed by atoms with Gasteiger partial charge in [-0.15, -0.1) is 0 Å². The molecule has 2 heterocycles. The van der Waals surface area contributed by atoms with Crippen molar-refractivity contribution >= 4 is 10.8 Å². The fourth-order valence-corrected chi connectivity index (χ4v) is 2.65. The van der Waals surface area contributed by atoms with Crippen molar-refractivity contribution in [2.45, 2.75) is 19.6 Å². The van der Waals surface area contributed by atoms with Crippen molar-refractivity contribution in [3.63, 3.8) is 0 Å². The number of nitrogens with zero attached hydrogens (tertiary/aromatic N) is 2. The summed E-state index contributed by atoms with van der Waals surface area (Å²) in [6, 6.07) is 15.9. The zero-order valence-electron chi connectivity index (χ0n) is 12.3. The van der Waals surface area contributed by atoms with Gasteiger partial charge in [-0.25, -0.2) is 4.68 Å². The van der Waals surface area contributed by atoms with Crippen LogP contribution in [0.1, 0.15) is 5.56 Å². The lowest BCUT2D eigenvalue weighted by Gasteiger charge is -2.10. The van der Waals surface area contributed by atoms with Crippen LogP contribution in [0, 0.1) is 6.92 Å². The Morgan fingerprint density at radius 3 is 2.50 bits per heavy atom. The van der Waals surface area contributed by atoms with Crippen LogP contribution >= 0.6 is 0 Å². The molecule has 0 radical (unpaired) electrons. The van der Waals surface area contributed by atoms with E-state index < -0.39 is 0 Å². The molecular formula is C18H16N2O2. The highest BCUT2D eigenvalue weighted by Crippen LogP contribution is 2.25. The Balaban J connectivity index is 1.97. The Bertz CT molecular complexity index is 893. The molecule has 0 amide bonds. The normalized spacial score (nSPS) is 16.9. The second-order valence-corrected chi connectivity index (χ2v) is 5.70. The van der Waals surface area contributed by atoms with E-state index in [4.69, 9.17) is 4.74 Å². The van der Waals surface area contributed by atoms with Gasteiger partial charge in [0, 0.05) is 10.9 Å². The van der Waals surface area contributed by atoms with E-state index in [0.29, 0.717) is 18.5 Å². The van der Waals surface area contributed by atoms with Crippen LogP contribution in [0.15, 0.2) is 53.3 Å². The summed E-state index contributed by atoms with van der Waals surface area (Å²) in [7, 11) is 0. The summed E-state index contributed by atoms with van der Waals surface area (Å²) >= 11 is 0. The maximum Gasteiger partial charge on any atom is 0.274 e. The second-order valence-electron chi connectivity index (χ2n) is 5.70. The fraction of sp³-hybridized carbons (Fsp3) is 0.222. The minimum Gasteiger partial charge on any atom is -0.371 e. The van der Waals surface area contributed by atoms with Gasteiger partial charge in [0.2, 0.25) is 0 Å². The van der Waals surface area contributed by atoms with Crippen LogP contribution in [-0.2, 0) is 11.3 Å². The van der Waals surface area contributed by atoms with Crippen molar-refractivity contribution in [2.24, 2.45) is 0 Å². The van der Waals surface area contributed by atoms with Gasteiger partial charge in [-0.3, -0.25) is 4.79 Å². The van der Waals surface area contributed by atoms with Gasteiger partial charge < -0.3 is 4.74 Å². The Labute approximate surface area is 128 Å². The molecule has 0 spiro atoms. The van der Waals surface area contributed by atoms with E-state index in [1.807, 2.05) is 36.4 Å². The van der Waals surface area contributed by atoms with Crippen LogP contribution in [0.5, 0.6) is 0 Å². The highest BCUT2D eigenvalue weighted by molar-refractivity contribution is 5.93. The fourth-order valence-electron chi connectivity index (χ4n) is 2.65. The average molecular weight is 292 g/mol. The largest absolute Gasteiger partial charge is 0.371 e. The van der Waals surface area contributed by atoms with Gasteiger partial charge in [-0.05, 0) is 13.0 Å². The van der Waals surface area contributed by atoms with E-state index in [2.05, 4.69) is 24.2 Å². The number of ether oxygens (including phenoxy) is 1. The number of aromatic nitrogens is 2. The average Bonchev–Trinajstić information content (AvgIpc) is 3.35. The lowest BCUT2D eigenvalue weighted by atomic mass is 10.0. The molecule has 4 nitrogen and oxygen atoms in total. The summed E-state index contributed by atoms with van der Waals surface area (Å²) in [5, 5.41) is 6.20. The summed E-state index contributed by atoms with van der Waals surface area (Å²) in [5.41, 5.74) is 3.01. The molecule has 2 aromatic carbocycles. The zero-order chi connectivity index (χ0) is 15.1. The molecule has 0 N–H and O–H groups in total. The van der Waals surface area contributed by atoms with Crippen molar-refractivity contribution in [1.82, 2.24) is 9.78 Å².